The van der Waals surface area contributed by atoms with Gasteiger partial charge in [0.2, 0.25) is 0 Å². The van der Waals surface area contributed by atoms with E-state index in [1.165, 1.54) is 5.56 Å². The summed E-state index contributed by atoms with van der Waals surface area (Å²) in [4.78, 5) is 0. The van der Waals surface area contributed by atoms with Crippen LogP contribution in [0.15, 0.2) is 42.5 Å². The van der Waals surface area contributed by atoms with Gasteiger partial charge in [-0.3, -0.25) is 0 Å². The average Bonchev–Trinajstić information content (AvgIpc) is 2.44. The van der Waals surface area contributed by atoms with Gasteiger partial charge in [0.1, 0.15) is 5.75 Å². The van der Waals surface area contributed by atoms with Crippen LogP contribution >= 0.6 is 0 Å². The van der Waals surface area contributed by atoms with E-state index in [4.69, 9.17) is 0 Å². The van der Waals surface area contributed by atoms with Crippen molar-refractivity contribution >= 4 is 5.69 Å². The molecule has 0 amide bonds. The van der Waals surface area contributed by atoms with Crippen molar-refractivity contribution in [1.82, 2.24) is 0 Å². The summed E-state index contributed by atoms with van der Waals surface area (Å²) in [5, 5.41) is 13.0. The van der Waals surface area contributed by atoms with Gasteiger partial charge in [0.05, 0.1) is 0 Å². The topological polar surface area (TPSA) is 32.3 Å². The minimum absolute atomic E-state index is 0.343. The third-order valence-electron chi connectivity index (χ3n) is 2.77. The molecule has 0 heterocycles. The fraction of sp³-hybridized carbons (Fsp3) is 0.294. The zero-order valence-corrected chi connectivity index (χ0v) is 12.2. The fourth-order valence-electron chi connectivity index (χ4n) is 1.72. The minimum Gasteiger partial charge on any atom is -0.508 e. The molecule has 102 valence electrons. The number of benzene rings is 2. The maximum Gasteiger partial charge on any atom is 0.120 e. The van der Waals surface area contributed by atoms with Crippen molar-refractivity contribution in [3.8, 4) is 5.75 Å². The molecule has 0 aliphatic rings. The lowest BCUT2D eigenvalue weighted by molar-refractivity contribution is 0.469. The lowest BCUT2D eigenvalue weighted by atomic mass is 10.1. The molecular weight excluding hydrogens is 234 g/mol. The van der Waals surface area contributed by atoms with Crippen LogP contribution in [-0.2, 0) is 6.54 Å². The second-order valence-corrected chi connectivity index (χ2v) is 4.35. The molecule has 0 saturated heterocycles. The standard InChI is InChI=1S/C15H17NO.C2H6/c1-11-3-6-14(7-4-11)16-10-13-9-12(2)5-8-15(13)17;1-2/h3-9,16-17H,10H2,1-2H3;1-2H3. The molecule has 0 aliphatic carbocycles. The second kappa shape index (κ2) is 7.47. The van der Waals surface area contributed by atoms with Crippen LogP contribution in [0.25, 0.3) is 0 Å². The molecule has 2 heteroatoms. The van der Waals surface area contributed by atoms with Gasteiger partial charge < -0.3 is 10.4 Å². The number of phenolic OH excluding ortho intramolecular Hbond substituents is 1. The Kier molecular flexibility index (Phi) is 5.94. The van der Waals surface area contributed by atoms with Crippen LogP contribution in [0.5, 0.6) is 5.75 Å². The van der Waals surface area contributed by atoms with Crippen molar-refractivity contribution < 1.29 is 5.11 Å². The van der Waals surface area contributed by atoms with E-state index in [0.29, 0.717) is 12.3 Å². The van der Waals surface area contributed by atoms with E-state index in [9.17, 15) is 5.11 Å². The lowest BCUT2D eigenvalue weighted by Gasteiger charge is -2.09. The molecule has 2 nitrogen and oxygen atoms in total. The summed E-state index contributed by atoms with van der Waals surface area (Å²) < 4.78 is 0. The first kappa shape index (κ1) is 15.1. The Balaban J connectivity index is 0.000000861. The molecule has 0 bridgehead atoms. The van der Waals surface area contributed by atoms with Gasteiger partial charge in [-0.15, -0.1) is 0 Å². The highest BCUT2D eigenvalue weighted by Gasteiger charge is 2.01. The van der Waals surface area contributed by atoms with Crippen LogP contribution in [0.4, 0.5) is 5.69 Å². The van der Waals surface area contributed by atoms with Gasteiger partial charge in [-0.25, -0.2) is 0 Å². The highest BCUT2D eigenvalue weighted by Crippen LogP contribution is 2.19. The summed E-state index contributed by atoms with van der Waals surface area (Å²) in [6.45, 7) is 8.72. The molecule has 0 spiro atoms. The van der Waals surface area contributed by atoms with E-state index in [1.807, 2.05) is 45.0 Å². The number of aryl methyl sites for hydroxylation is 2. The van der Waals surface area contributed by atoms with Crippen molar-refractivity contribution in [1.29, 1.82) is 0 Å². The van der Waals surface area contributed by atoms with Gasteiger partial charge >= 0.3 is 0 Å². The molecule has 0 aliphatic heterocycles. The van der Waals surface area contributed by atoms with Crippen molar-refractivity contribution in [3.05, 3.63) is 59.2 Å². The average molecular weight is 257 g/mol. The van der Waals surface area contributed by atoms with Crippen molar-refractivity contribution in [2.75, 3.05) is 5.32 Å². The van der Waals surface area contributed by atoms with Crippen molar-refractivity contribution in [3.63, 3.8) is 0 Å². The lowest BCUT2D eigenvalue weighted by Crippen LogP contribution is -1.99. The van der Waals surface area contributed by atoms with Gasteiger partial charge in [-0.05, 0) is 32.0 Å². The summed E-state index contributed by atoms with van der Waals surface area (Å²) in [7, 11) is 0. The summed E-state index contributed by atoms with van der Waals surface area (Å²) in [5.41, 5.74) is 4.39. The molecule has 0 fully saturated rings. The molecule has 0 radical (unpaired) electrons. The quantitative estimate of drug-likeness (QED) is 0.839. The first-order valence-corrected chi connectivity index (χ1v) is 6.74. The number of phenols is 1. The summed E-state index contributed by atoms with van der Waals surface area (Å²) in [5.74, 6) is 0.343. The summed E-state index contributed by atoms with van der Waals surface area (Å²) in [6, 6.07) is 13.9. The molecule has 2 aromatic carbocycles. The number of nitrogens with one attached hydrogen (secondary N) is 1. The molecule has 0 saturated carbocycles. The van der Waals surface area contributed by atoms with E-state index in [1.54, 1.807) is 6.07 Å². The minimum atomic E-state index is 0.343. The molecular formula is C17H23NO. The van der Waals surface area contributed by atoms with Crippen LogP contribution in [0.2, 0.25) is 0 Å². The Bertz CT molecular complexity index is 503. The Hall–Kier alpha value is -1.96. The van der Waals surface area contributed by atoms with E-state index < -0.39 is 0 Å². The smallest absolute Gasteiger partial charge is 0.120 e. The first-order chi connectivity index (χ1) is 9.15. The Morgan fingerprint density at radius 2 is 1.47 bits per heavy atom. The maximum absolute atomic E-state index is 9.72. The predicted octanol–water partition coefficient (Wildman–Crippen LogP) is 4.65. The molecule has 0 aromatic heterocycles. The monoisotopic (exact) mass is 257 g/mol. The Morgan fingerprint density at radius 1 is 0.895 bits per heavy atom. The van der Waals surface area contributed by atoms with E-state index >= 15 is 0 Å². The van der Waals surface area contributed by atoms with E-state index in [2.05, 4.69) is 24.4 Å². The van der Waals surface area contributed by atoms with Gasteiger partial charge in [0.25, 0.3) is 0 Å². The highest BCUT2D eigenvalue weighted by atomic mass is 16.3. The molecule has 2 N–H and O–H groups in total. The van der Waals surface area contributed by atoms with Crippen LogP contribution in [0.3, 0.4) is 0 Å². The highest BCUT2D eigenvalue weighted by molar-refractivity contribution is 5.46. The normalized spacial score (nSPS) is 9.47. The summed E-state index contributed by atoms with van der Waals surface area (Å²) in [6.07, 6.45) is 0. The van der Waals surface area contributed by atoms with Gasteiger partial charge in [0, 0.05) is 17.8 Å². The van der Waals surface area contributed by atoms with Crippen LogP contribution in [0.1, 0.15) is 30.5 Å². The third-order valence-corrected chi connectivity index (χ3v) is 2.77. The number of hydrogen-bond acceptors (Lipinski definition) is 2. The Morgan fingerprint density at radius 3 is 2.11 bits per heavy atom. The van der Waals surface area contributed by atoms with E-state index in [-0.39, 0.29) is 0 Å². The van der Waals surface area contributed by atoms with Crippen LogP contribution in [0, 0.1) is 13.8 Å². The SMILES string of the molecule is CC.Cc1ccc(NCc2cc(C)ccc2O)cc1. The summed E-state index contributed by atoms with van der Waals surface area (Å²) >= 11 is 0. The van der Waals surface area contributed by atoms with Gasteiger partial charge in [0.15, 0.2) is 0 Å². The molecule has 0 unspecified atom stereocenters. The number of aromatic hydroxyl groups is 1. The van der Waals surface area contributed by atoms with Crippen molar-refractivity contribution in [2.45, 2.75) is 34.2 Å². The zero-order chi connectivity index (χ0) is 14.3. The largest absolute Gasteiger partial charge is 0.508 e. The predicted molar refractivity (Wildman–Crippen MR) is 82.7 cm³/mol. The van der Waals surface area contributed by atoms with Crippen molar-refractivity contribution in [2.24, 2.45) is 0 Å². The zero-order valence-electron chi connectivity index (χ0n) is 12.2. The van der Waals surface area contributed by atoms with Gasteiger partial charge in [-0.2, -0.15) is 0 Å². The second-order valence-electron chi connectivity index (χ2n) is 4.35. The molecule has 19 heavy (non-hydrogen) atoms. The maximum atomic E-state index is 9.72. The Labute approximate surface area is 116 Å². The number of anilines is 1. The van der Waals surface area contributed by atoms with E-state index in [0.717, 1.165) is 16.8 Å². The first-order valence-electron chi connectivity index (χ1n) is 6.74. The van der Waals surface area contributed by atoms with Gasteiger partial charge in [-0.1, -0.05) is 49.2 Å². The molecule has 2 aromatic rings. The molecule has 2 rings (SSSR count). The fourth-order valence-corrected chi connectivity index (χ4v) is 1.72. The third kappa shape index (κ3) is 4.66. The van der Waals surface area contributed by atoms with Crippen LogP contribution in [-0.4, -0.2) is 5.11 Å². The molecule has 0 atom stereocenters. The number of rotatable bonds is 3. The van der Waals surface area contributed by atoms with Crippen LogP contribution < -0.4 is 5.32 Å². The number of hydrogen-bond donors (Lipinski definition) is 2.